The van der Waals surface area contributed by atoms with E-state index in [0.717, 1.165) is 16.6 Å². The van der Waals surface area contributed by atoms with Gasteiger partial charge < -0.3 is 9.76 Å². The van der Waals surface area contributed by atoms with Gasteiger partial charge in [0.2, 0.25) is 0 Å². The normalized spacial score (nSPS) is 11.9. The van der Waals surface area contributed by atoms with Crippen molar-refractivity contribution >= 4 is 12.9 Å². The Morgan fingerprint density at radius 2 is 1.32 bits per heavy atom. The van der Waals surface area contributed by atoms with Crippen LogP contribution in [0.25, 0.3) is 0 Å². The van der Waals surface area contributed by atoms with Gasteiger partial charge in [-0.1, -0.05) is 32.6 Å². The van der Waals surface area contributed by atoms with E-state index in [2.05, 4.69) is 56.6 Å². The van der Waals surface area contributed by atoms with Gasteiger partial charge in [0, 0.05) is 11.1 Å². The topological polar surface area (TPSA) is 29.5 Å². The second-order valence-electron chi connectivity index (χ2n) is 8.29. The number of rotatable bonds is 4. The molecule has 0 saturated heterocycles. The molecule has 0 spiro atoms. The van der Waals surface area contributed by atoms with Crippen LogP contribution in [0.4, 0.5) is 0 Å². The highest BCUT2D eigenvalue weighted by Crippen LogP contribution is 2.26. The van der Waals surface area contributed by atoms with E-state index in [1.54, 1.807) is 21.3 Å². The van der Waals surface area contributed by atoms with Gasteiger partial charge in [-0.2, -0.15) is 0 Å². The predicted molar refractivity (Wildman–Crippen MR) is 107 cm³/mol. The van der Waals surface area contributed by atoms with Gasteiger partial charge in [0.1, 0.15) is 0 Å². The van der Waals surface area contributed by atoms with Gasteiger partial charge in [-0.3, -0.25) is 0 Å². The molecular formula is C22H30BO2. The van der Waals surface area contributed by atoms with E-state index in [1.807, 2.05) is 27.7 Å². The van der Waals surface area contributed by atoms with Crippen LogP contribution in [0.3, 0.4) is 0 Å². The summed E-state index contributed by atoms with van der Waals surface area (Å²) in [6.45, 7) is 17.4. The maximum atomic E-state index is 10.3. The zero-order valence-electron chi connectivity index (χ0n) is 17.1. The van der Waals surface area contributed by atoms with E-state index in [1.165, 1.54) is 5.56 Å². The summed E-state index contributed by atoms with van der Waals surface area (Å²) in [6.07, 6.45) is 0. The molecule has 0 aromatic heterocycles. The first-order valence-electron chi connectivity index (χ1n) is 8.61. The fraction of sp³-hybridized carbons (Fsp3) is 0.545. The van der Waals surface area contributed by atoms with Gasteiger partial charge in [-0.15, -0.1) is 11.8 Å². The van der Waals surface area contributed by atoms with Gasteiger partial charge in [0.25, 0.3) is 0 Å². The molecule has 133 valence electrons. The lowest BCUT2D eigenvalue weighted by molar-refractivity contribution is -0.0893. The van der Waals surface area contributed by atoms with Gasteiger partial charge in [-0.25, -0.2) is 0 Å². The Balaban J connectivity index is 3.45. The molecule has 0 aliphatic rings. The fourth-order valence-corrected chi connectivity index (χ4v) is 2.04. The summed E-state index contributed by atoms with van der Waals surface area (Å²) in [5.41, 5.74) is 2.08. The molecule has 0 amide bonds. The molecule has 0 atom stereocenters. The van der Waals surface area contributed by atoms with Crippen LogP contribution < -0.4 is 5.46 Å². The summed E-state index contributed by atoms with van der Waals surface area (Å²) >= 11 is 0. The lowest BCUT2D eigenvalue weighted by Gasteiger charge is -2.37. The van der Waals surface area contributed by atoms with Gasteiger partial charge in [0.05, 0.1) is 11.2 Å². The van der Waals surface area contributed by atoms with Crippen molar-refractivity contribution in [1.29, 1.82) is 0 Å². The third kappa shape index (κ3) is 5.40. The summed E-state index contributed by atoms with van der Waals surface area (Å²) in [5, 5.41) is 10.3. The first kappa shape index (κ1) is 21.4. The van der Waals surface area contributed by atoms with E-state index in [4.69, 9.17) is 4.65 Å². The van der Waals surface area contributed by atoms with Crippen molar-refractivity contribution < 1.29 is 9.76 Å². The Morgan fingerprint density at radius 3 is 1.64 bits per heavy atom. The molecule has 2 nitrogen and oxygen atoms in total. The van der Waals surface area contributed by atoms with E-state index < -0.39 is 11.2 Å². The van der Waals surface area contributed by atoms with Crippen molar-refractivity contribution in [2.24, 2.45) is 0 Å². The number of benzene rings is 1. The number of hydrogen-bond donors (Lipinski definition) is 1. The number of aliphatic hydroxyl groups is 1. The summed E-state index contributed by atoms with van der Waals surface area (Å²) in [7, 11) is 1.68. The third-order valence-corrected chi connectivity index (χ3v) is 4.51. The van der Waals surface area contributed by atoms with Crippen molar-refractivity contribution in [3.05, 3.63) is 28.8 Å². The first-order valence-corrected chi connectivity index (χ1v) is 8.61. The molecule has 1 radical (unpaired) electrons. The van der Waals surface area contributed by atoms with Crippen LogP contribution in [-0.4, -0.2) is 23.8 Å². The molecule has 1 rings (SSSR count). The fourth-order valence-electron chi connectivity index (χ4n) is 2.04. The SMILES string of the molecule is CC#Cc1cc(C(C)(C)C)cc(C#CC)c1[B]OC(C)(C)C(C)(C)O. The van der Waals surface area contributed by atoms with Crippen molar-refractivity contribution in [3.63, 3.8) is 0 Å². The average Bonchev–Trinajstić information content (AvgIpc) is 2.44. The highest BCUT2D eigenvalue weighted by atomic mass is 16.5. The molecule has 3 heteroatoms. The standard InChI is InChI=1S/C22H30BO2/c1-10-12-16-14-18(20(3,4)5)15-17(13-11-2)19(16)23-25-22(8,9)21(6,7)24/h14-15,24H,1-9H3. The molecule has 0 saturated carbocycles. The minimum Gasteiger partial charge on any atom is -0.427 e. The second-order valence-corrected chi connectivity index (χ2v) is 8.29. The van der Waals surface area contributed by atoms with Crippen LogP contribution in [0.2, 0.25) is 0 Å². The van der Waals surface area contributed by atoms with Crippen molar-refractivity contribution in [1.82, 2.24) is 0 Å². The summed E-state index contributed by atoms with van der Waals surface area (Å²) in [4.78, 5) is 0. The Kier molecular flexibility index (Phi) is 6.58. The van der Waals surface area contributed by atoms with E-state index in [-0.39, 0.29) is 5.41 Å². The molecule has 0 heterocycles. The highest BCUT2D eigenvalue weighted by Gasteiger charge is 2.36. The van der Waals surface area contributed by atoms with Crippen LogP contribution in [0.15, 0.2) is 12.1 Å². The van der Waals surface area contributed by atoms with Crippen LogP contribution in [0, 0.1) is 23.7 Å². The molecule has 1 N–H and O–H groups in total. The molecule has 0 aliphatic carbocycles. The zero-order valence-corrected chi connectivity index (χ0v) is 17.1. The van der Waals surface area contributed by atoms with Crippen LogP contribution in [0.5, 0.6) is 0 Å². The minimum atomic E-state index is -0.984. The Labute approximate surface area is 154 Å². The van der Waals surface area contributed by atoms with Crippen molar-refractivity contribution in [3.8, 4) is 23.7 Å². The number of hydrogen-bond acceptors (Lipinski definition) is 2. The summed E-state index contributed by atoms with van der Waals surface area (Å²) in [5.74, 6) is 12.3. The summed E-state index contributed by atoms with van der Waals surface area (Å²) < 4.78 is 5.97. The minimum absolute atomic E-state index is 0.0000898. The molecular weight excluding hydrogens is 307 g/mol. The largest absolute Gasteiger partial charge is 0.427 e. The average molecular weight is 337 g/mol. The monoisotopic (exact) mass is 337 g/mol. The maximum absolute atomic E-state index is 10.3. The van der Waals surface area contributed by atoms with Gasteiger partial charge in [-0.05, 0) is 70.1 Å². The van der Waals surface area contributed by atoms with Crippen LogP contribution >= 0.6 is 0 Å². The molecule has 1 aromatic carbocycles. The van der Waals surface area contributed by atoms with Crippen molar-refractivity contribution in [2.75, 3.05) is 0 Å². The quantitative estimate of drug-likeness (QED) is 0.673. The molecule has 0 fully saturated rings. The molecule has 1 aromatic rings. The summed E-state index contributed by atoms with van der Waals surface area (Å²) in [6, 6.07) is 4.20. The lowest BCUT2D eigenvalue weighted by Crippen LogP contribution is -2.49. The van der Waals surface area contributed by atoms with E-state index >= 15 is 0 Å². The van der Waals surface area contributed by atoms with Crippen molar-refractivity contribution in [2.45, 2.75) is 78.9 Å². The zero-order chi connectivity index (χ0) is 19.5. The molecule has 0 aliphatic heterocycles. The lowest BCUT2D eigenvalue weighted by atomic mass is 9.74. The van der Waals surface area contributed by atoms with Gasteiger partial charge in [0.15, 0.2) is 0 Å². The Hall–Kier alpha value is -1.68. The maximum Gasteiger partial charge on any atom is 0.333 e. The van der Waals surface area contributed by atoms with E-state index in [0.29, 0.717) is 0 Å². The predicted octanol–water partition coefficient (Wildman–Crippen LogP) is 3.54. The molecule has 25 heavy (non-hydrogen) atoms. The Morgan fingerprint density at radius 1 is 0.880 bits per heavy atom. The van der Waals surface area contributed by atoms with E-state index in [9.17, 15) is 5.11 Å². The van der Waals surface area contributed by atoms with Gasteiger partial charge >= 0.3 is 7.48 Å². The second kappa shape index (κ2) is 7.69. The molecule has 0 bridgehead atoms. The first-order chi connectivity index (χ1) is 11.3. The third-order valence-electron chi connectivity index (χ3n) is 4.51. The Bertz CT molecular complexity index is 698. The highest BCUT2D eigenvalue weighted by molar-refractivity contribution is 6.49. The van der Waals surface area contributed by atoms with Crippen LogP contribution in [0.1, 0.15) is 79.0 Å². The molecule has 0 unspecified atom stereocenters. The smallest absolute Gasteiger partial charge is 0.333 e. The van der Waals surface area contributed by atoms with Crippen LogP contribution in [-0.2, 0) is 10.1 Å².